The summed E-state index contributed by atoms with van der Waals surface area (Å²) in [7, 11) is 1.64. The van der Waals surface area contributed by atoms with Crippen LogP contribution in [-0.4, -0.2) is 19.9 Å². The summed E-state index contributed by atoms with van der Waals surface area (Å²) in [5.74, 6) is 0.618. The van der Waals surface area contributed by atoms with Crippen LogP contribution in [-0.2, 0) is 14.5 Å². The Morgan fingerprint density at radius 2 is 2.00 bits per heavy atom. The minimum absolute atomic E-state index is 0.190. The van der Waals surface area contributed by atoms with Gasteiger partial charge in [-0.2, -0.15) is 0 Å². The van der Waals surface area contributed by atoms with Crippen molar-refractivity contribution >= 4 is 13.3 Å². The first-order valence-corrected chi connectivity index (χ1v) is 6.55. The SMILES string of the molecule is O=C1CCCCC1c1ccccc1.[B]1CCOO1. The molecule has 0 N–H and O–H groups in total. The number of Topliss-reactive ketones (excluding diaryl/α,β-unsaturated/α-hetero) is 1. The van der Waals surface area contributed by atoms with Gasteiger partial charge in [-0.25, -0.2) is 0 Å². The zero-order chi connectivity index (χ0) is 12.6. The Morgan fingerprint density at radius 3 is 2.56 bits per heavy atom. The average Bonchev–Trinajstić information content (AvgIpc) is 2.99. The summed E-state index contributed by atoms with van der Waals surface area (Å²) in [6.45, 7) is 0.722. The Hall–Kier alpha value is -1.13. The molecule has 1 atom stereocenters. The Balaban J connectivity index is 0.000000202. The standard InChI is InChI=1S/C12H14O.C2H4BO2/c13-12-9-5-4-8-11(12)10-6-2-1-3-7-10;1-2-4-5-3-1/h1-3,6-7,11H,4-5,8-9H2;1-2H2. The highest BCUT2D eigenvalue weighted by Gasteiger charge is 2.22. The molecular formula is C14H18BO3. The highest BCUT2D eigenvalue weighted by atomic mass is 17.2. The Bertz CT molecular complexity index is 355. The summed E-state index contributed by atoms with van der Waals surface area (Å²) < 4.78 is 0. The van der Waals surface area contributed by atoms with E-state index in [2.05, 4.69) is 21.8 Å². The number of rotatable bonds is 1. The average molecular weight is 245 g/mol. The zero-order valence-electron chi connectivity index (χ0n) is 10.5. The van der Waals surface area contributed by atoms with Crippen LogP contribution in [0.3, 0.4) is 0 Å². The fourth-order valence-electron chi connectivity index (χ4n) is 2.26. The minimum atomic E-state index is 0.190. The summed E-state index contributed by atoms with van der Waals surface area (Å²) in [5.41, 5.74) is 1.20. The molecule has 1 radical (unpaired) electrons. The fraction of sp³-hybridized carbons (Fsp3) is 0.500. The van der Waals surface area contributed by atoms with E-state index in [1.54, 1.807) is 7.48 Å². The van der Waals surface area contributed by atoms with Crippen LogP contribution in [0.2, 0.25) is 6.32 Å². The molecule has 1 aromatic carbocycles. The Labute approximate surface area is 109 Å². The molecule has 18 heavy (non-hydrogen) atoms. The van der Waals surface area contributed by atoms with Gasteiger partial charge in [0.15, 0.2) is 0 Å². The first-order valence-electron chi connectivity index (χ1n) is 6.55. The summed E-state index contributed by atoms with van der Waals surface area (Å²) >= 11 is 0. The molecule has 1 aliphatic carbocycles. The van der Waals surface area contributed by atoms with Gasteiger partial charge in [-0.3, -0.25) is 9.68 Å². The van der Waals surface area contributed by atoms with Crippen LogP contribution < -0.4 is 0 Å². The molecule has 0 bridgehead atoms. The van der Waals surface area contributed by atoms with Crippen LogP contribution in [0.15, 0.2) is 30.3 Å². The molecule has 0 amide bonds. The van der Waals surface area contributed by atoms with Crippen molar-refractivity contribution in [3.05, 3.63) is 35.9 Å². The lowest BCUT2D eigenvalue weighted by molar-refractivity contribution is -0.181. The molecule has 0 spiro atoms. The fourth-order valence-corrected chi connectivity index (χ4v) is 2.26. The summed E-state index contributed by atoms with van der Waals surface area (Å²) in [4.78, 5) is 20.3. The number of hydrogen-bond acceptors (Lipinski definition) is 3. The molecule has 0 aromatic heterocycles. The van der Waals surface area contributed by atoms with Crippen LogP contribution in [0.5, 0.6) is 0 Å². The maximum absolute atomic E-state index is 11.6. The predicted molar refractivity (Wildman–Crippen MR) is 70.3 cm³/mol. The lowest BCUT2D eigenvalue weighted by atomic mass is 9.83. The quantitative estimate of drug-likeness (QED) is 0.563. The van der Waals surface area contributed by atoms with Gasteiger partial charge in [0.1, 0.15) is 5.78 Å². The monoisotopic (exact) mass is 245 g/mol. The van der Waals surface area contributed by atoms with Gasteiger partial charge in [-0.15, -0.1) is 0 Å². The molecule has 2 fully saturated rings. The highest BCUT2D eigenvalue weighted by Crippen LogP contribution is 2.29. The highest BCUT2D eigenvalue weighted by molar-refractivity contribution is 6.27. The third-order valence-corrected chi connectivity index (χ3v) is 3.21. The molecule has 2 aliphatic rings. The molecule has 4 heteroatoms. The second kappa shape index (κ2) is 7.34. The topological polar surface area (TPSA) is 35.5 Å². The number of hydrogen-bond donors (Lipinski definition) is 0. The van der Waals surface area contributed by atoms with Gasteiger partial charge in [0, 0.05) is 12.3 Å². The molecule has 3 rings (SSSR count). The van der Waals surface area contributed by atoms with Gasteiger partial charge in [0.05, 0.1) is 6.61 Å². The summed E-state index contributed by atoms with van der Waals surface area (Å²) in [6.07, 6.45) is 5.04. The first kappa shape index (κ1) is 13.3. The van der Waals surface area contributed by atoms with E-state index in [0.717, 1.165) is 32.2 Å². The van der Waals surface area contributed by atoms with Crippen molar-refractivity contribution in [3.8, 4) is 0 Å². The van der Waals surface area contributed by atoms with Gasteiger partial charge >= 0.3 is 7.48 Å². The van der Waals surface area contributed by atoms with Crippen molar-refractivity contribution < 1.29 is 14.5 Å². The van der Waals surface area contributed by atoms with E-state index < -0.39 is 0 Å². The Kier molecular flexibility index (Phi) is 5.43. The normalized spacial score (nSPS) is 22.9. The maximum Gasteiger partial charge on any atom is 0.346 e. The van der Waals surface area contributed by atoms with E-state index >= 15 is 0 Å². The van der Waals surface area contributed by atoms with Crippen LogP contribution in [0.1, 0.15) is 37.2 Å². The Morgan fingerprint density at radius 1 is 1.17 bits per heavy atom. The number of carbonyl (C=O) groups excluding carboxylic acids is 1. The first-order chi connectivity index (χ1) is 8.88. The third kappa shape index (κ3) is 3.96. The molecule has 95 valence electrons. The molecule has 1 aliphatic heterocycles. The number of benzene rings is 1. The second-order valence-corrected chi connectivity index (χ2v) is 4.55. The van der Waals surface area contributed by atoms with Gasteiger partial charge in [-0.05, 0) is 24.7 Å². The van der Waals surface area contributed by atoms with Gasteiger partial charge < -0.3 is 4.81 Å². The molecule has 1 heterocycles. The number of carbonyl (C=O) groups is 1. The molecule has 1 saturated heterocycles. The lowest BCUT2D eigenvalue weighted by Crippen LogP contribution is -2.16. The smallest absolute Gasteiger partial charge is 0.311 e. The van der Waals surface area contributed by atoms with Crippen molar-refractivity contribution in [2.24, 2.45) is 0 Å². The minimum Gasteiger partial charge on any atom is -0.311 e. The second-order valence-electron chi connectivity index (χ2n) is 4.55. The van der Waals surface area contributed by atoms with Gasteiger partial charge in [0.2, 0.25) is 0 Å². The van der Waals surface area contributed by atoms with Crippen molar-refractivity contribution in [3.63, 3.8) is 0 Å². The van der Waals surface area contributed by atoms with Crippen LogP contribution >= 0.6 is 0 Å². The van der Waals surface area contributed by atoms with Crippen molar-refractivity contribution in [1.29, 1.82) is 0 Å². The molecular weight excluding hydrogens is 227 g/mol. The lowest BCUT2D eigenvalue weighted by Gasteiger charge is -2.20. The van der Waals surface area contributed by atoms with Gasteiger partial charge in [0.25, 0.3) is 0 Å². The largest absolute Gasteiger partial charge is 0.346 e. The van der Waals surface area contributed by atoms with E-state index in [-0.39, 0.29) is 5.92 Å². The summed E-state index contributed by atoms with van der Waals surface area (Å²) in [6, 6.07) is 10.1. The molecule has 3 nitrogen and oxygen atoms in total. The van der Waals surface area contributed by atoms with Crippen LogP contribution in [0.4, 0.5) is 0 Å². The summed E-state index contributed by atoms with van der Waals surface area (Å²) in [5, 5.41) is 0. The van der Waals surface area contributed by atoms with E-state index in [1.165, 1.54) is 12.0 Å². The van der Waals surface area contributed by atoms with Crippen molar-refractivity contribution in [2.75, 3.05) is 6.61 Å². The van der Waals surface area contributed by atoms with E-state index in [4.69, 9.17) is 0 Å². The van der Waals surface area contributed by atoms with E-state index in [0.29, 0.717) is 5.78 Å². The third-order valence-electron chi connectivity index (χ3n) is 3.21. The zero-order valence-corrected chi connectivity index (χ0v) is 10.5. The van der Waals surface area contributed by atoms with Crippen molar-refractivity contribution in [1.82, 2.24) is 0 Å². The molecule has 1 aromatic rings. The molecule has 1 saturated carbocycles. The maximum atomic E-state index is 11.6. The van der Waals surface area contributed by atoms with E-state index in [1.807, 2.05) is 18.2 Å². The van der Waals surface area contributed by atoms with Gasteiger partial charge in [-0.1, -0.05) is 36.8 Å². The molecule has 1 unspecified atom stereocenters. The van der Waals surface area contributed by atoms with Crippen molar-refractivity contribution in [2.45, 2.75) is 37.9 Å². The van der Waals surface area contributed by atoms with Crippen LogP contribution in [0, 0.1) is 0 Å². The predicted octanol–water partition coefficient (Wildman–Crippen LogP) is 2.90. The van der Waals surface area contributed by atoms with E-state index in [9.17, 15) is 4.79 Å². The van der Waals surface area contributed by atoms with Crippen LogP contribution in [0.25, 0.3) is 0 Å². The number of ketones is 1.